The SMILES string of the molecule is N#Cc1sccc1C1=C(c2cc(F)c(O)cc2F)Cc2c1cc(O)cc2C(F)(F)F. The van der Waals surface area contributed by atoms with Gasteiger partial charge in [-0.1, -0.05) is 0 Å². The van der Waals surface area contributed by atoms with E-state index in [1.807, 2.05) is 6.07 Å². The summed E-state index contributed by atoms with van der Waals surface area (Å²) >= 11 is 1.04. The van der Waals surface area contributed by atoms with Crippen molar-refractivity contribution in [1.29, 1.82) is 5.26 Å². The molecule has 0 amide bonds. The Balaban J connectivity index is 2.08. The molecule has 152 valence electrons. The molecular weight excluding hydrogens is 425 g/mol. The molecule has 0 radical (unpaired) electrons. The van der Waals surface area contributed by atoms with E-state index < -0.39 is 41.3 Å². The van der Waals surface area contributed by atoms with Gasteiger partial charge in [0, 0.05) is 17.2 Å². The van der Waals surface area contributed by atoms with Crippen LogP contribution in [0, 0.1) is 23.0 Å². The average molecular weight is 435 g/mol. The maximum absolute atomic E-state index is 14.6. The molecule has 0 atom stereocenters. The van der Waals surface area contributed by atoms with E-state index in [0.29, 0.717) is 18.2 Å². The van der Waals surface area contributed by atoms with E-state index in [0.717, 1.165) is 17.4 Å². The number of nitriles is 1. The predicted molar refractivity (Wildman–Crippen MR) is 99.8 cm³/mol. The molecule has 0 saturated heterocycles. The molecule has 0 unspecified atom stereocenters. The number of phenols is 2. The van der Waals surface area contributed by atoms with E-state index in [1.54, 1.807) is 5.38 Å². The third-order valence-corrected chi connectivity index (χ3v) is 5.68. The summed E-state index contributed by atoms with van der Waals surface area (Å²) in [5.74, 6) is -3.75. The summed E-state index contributed by atoms with van der Waals surface area (Å²) in [4.78, 5) is 0.173. The molecule has 0 aliphatic heterocycles. The number of allylic oxidation sites excluding steroid dienone is 1. The predicted octanol–water partition coefficient (Wildman–Crippen LogP) is 5.84. The fourth-order valence-electron chi connectivity index (χ4n) is 3.65. The van der Waals surface area contributed by atoms with Crippen LogP contribution in [-0.2, 0) is 12.6 Å². The number of hydrogen-bond donors (Lipinski definition) is 2. The van der Waals surface area contributed by atoms with Gasteiger partial charge < -0.3 is 10.2 Å². The lowest BCUT2D eigenvalue weighted by molar-refractivity contribution is -0.138. The first-order valence-electron chi connectivity index (χ1n) is 8.44. The third-order valence-electron chi connectivity index (χ3n) is 4.86. The molecule has 1 aliphatic rings. The van der Waals surface area contributed by atoms with Crippen LogP contribution < -0.4 is 0 Å². The van der Waals surface area contributed by atoms with Crippen LogP contribution in [0.4, 0.5) is 22.0 Å². The van der Waals surface area contributed by atoms with Gasteiger partial charge in [-0.15, -0.1) is 11.3 Å². The monoisotopic (exact) mass is 435 g/mol. The van der Waals surface area contributed by atoms with Gasteiger partial charge in [-0.3, -0.25) is 0 Å². The van der Waals surface area contributed by atoms with Gasteiger partial charge in [-0.2, -0.15) is 18.4 Å². The number of halogens is 5. The Labute approximate surface area is 170 Å². The van der Waals surface area contributed by atoms with Crippen molar-refractivity contribution >= 4 is 22.5 Å². The Bertz CT molecular complexity index is 1270. The highest BCUT2D eigenvalue weighted by molar-refractivity contribution is 7.10. The Hall–Kier alpha value is -3.38. The van der Waals surface area contributed by atoms with Gasteiger partial charge in [0.05, 0.1) is 5.56 Å². The fourth-order valence-corrected chi connectivity index (χ4v) is 4.34. The van der Waals surface area contributed by atoms with Crippen molar-refractivity contribution in [2.45, 2.75) is 12.6 Å². The first kappa shape index (κ1) is 19.9. The normalized spacial score (nSPS) is 13.5. The van der Waals surface area contributed by atoms with Crippen LogP contribution in [0.3, 0.4) is 0 Å². The minimum absolute atomic E-state index is 0.0138. The third kappa shape index (κ3) is 3.09. The number of benzene rings is 2. The molecule has 1 aromatic heterocycles. The number of nitrogens with zero attached hydrogens (tertiary/aromatic N) is 1. The molecular formula is C21H10F5NO2S. The lowest BCUT2D eigenvalue weighted by Gasteiger charge is -2.14. The second-order valence-electron chi connectivity index (χ2n) is 6.61. The minimum Gasteiger partial charge on any atom is -0.508 e. The molecule has 0 bridgehead atoms. The molecule has 0 spiro atoms. The van der Waals surface area contributed by atoms with Gasteiger partial charge in [-0.05, 0) is 58.3 Å². The highest BCUT2D eigenvalue weighted by Gasteiger charge is 2.39. The highest BCUT2D eigenvalue weighted by Crippen LogP contribution is 2.49. The highest BCUT2D eigenvalue weighted by atomic mass is 32.1. The molecule has 3 nitrogen and oxygen atoms in total. The molecule has 3 aromatic rings. The Morgan fingerprint density at radius 2 is 1.70 bits per heavy atom. The topological polar surface area (TPSA) is 64.2 Å². The maximum Gasteiger partial charge on any atom is 0.416 e. The number of alkyl halides is 3. The second kappa shape index (κ2) is 6.85. The largest absolute Gasteiger partial charge is 0.508 e. The smallest absolute Gasteiger partial charge is 0.416 e. The Morgan fingerprint density at radius 1 is 0.967 bits per heavy atom. The second-order valence-corrected chi connectivity index (χ2v) is 7.52. The summed E-state index contributed by atoms with van der Waals surface area (Å²) in [6, 6.07) is 6.37. The molecule has 1 heterocycles. The summed E-state index contributed by atoms with van der Waals surface area (Å²) in [6.07, 6.45) is -5.20. The number of aromatic hydroxyl groups is 2. The Kier molecular flexibility index (Phi) is 4.55. The van der Waals surface area contributed by atoms with Crippen LogP contribution >= 0.6 is 11.3 Å². The van der Waals surface area contributed by atoms with E-state index in [2.05, 4.69) is 0 Å². The summed E-state index contributed by atoms with van der Waals surface area (Å²) in [6.45, 7) is 0. The zero-order chi connectivity index (χ0) is 21.8. The fraction of sp³-hybridized carbons (Fsp3) is 0.0952. The molecule has 1 aliphatic carbocycles. The number of hydrogen-bond acceptors (Lipinski definition) is 4. The van der Waals surface area contributed by atoms with Gasteiger partial charge in [0.1, 0.15) is 22.5 Å². The van der Waals surface area contributed by atoms with Crippen molar-refractivity contribution in [1.82, 2.24) is 0 Å². The quantitative estimate of drug-likeness (QED) is 0.497. The zero-order valence-electron chi connectivity index (χ0n) is 14.8. The summed E-state index contributed by atoms with van der Waals surface area (Å²) in [5.41, 5.74) is -1.28. The first-order chi connectivity index (χ1) is 14.1. The van der Waals surface area contributed by atoms with Gasteiger partial charge in [0.15, 0.2) is 11.6 Å². The number of rotatable bonds is 2. The first-order valence-corrected chi connectivity index (χ1v) is 9.32. The molecule has 9 heteroatoms. The van der Waals surface area contributed by atoms with Crippen LogP contribution in [0.25, 0.3) is 11.1 Å². The molecule has 0 saturated carbocycles. The van der Waals surface area contributed by atoms with Gasteiger partial charge in [-0.25, -0.2) is 8.78 Å². The van der Waals surface area contributed by atoms with Crippen LogP contribution in [0.2, 0.25) is 0 Å². The minimum atomic E-state index is -4.80. The van der Waals surface area contributed by atoms with E-state index in [9.17, 15) is 37.4 Å². The van der Waals surface area contributed by atoms with Crippen molar-refractivity contribution in [3.05, 3.63) is 80.0 Å². The zero-order valence-corrected chi connectivity index (χ0v) is 15.6. The lowest BCUT2D eigenvalue weighted by Crippen LogP contribution is -2.09. The van der Waals surface area contributed by atoms with Crippen LogP contribution in [0.15, 0.2) is 35.7 Å². The molecule has 30 heavy (non-hydrogen) atoms. The van der Waals surface area contributed by atoms with Crippen molar-refractivity contribution < 1.29 is 32.2 Å². The summed E-state index contributed by atoms with van der Waals surface area (Å²) < 4.78 is 69.5. The average Bonchev–Trinajstić information content (AvgIpc) is 3.26. The van der Waals surface area contributed by atoms with Gasteiger partial charge >= 0.3 is 6.18 Å². The molecule has 0 fully saturated rings. The number of thiophene rings is 1. The Morgan fingerprint density at radius 3 is 2.37 bits per heavy atom. The van der Waals surface area contributed by atoms with E-state index in [-0.39, 0.29) is 38.3 Å². The summed E-state index contributed by atoms with van der Waals surface area (Å²) in [5, 5.41) is 30.3. The lowest BCUT2D eigenvalue weighted by atomic mass is 9.94. The van der Waals surface area contributed by atoms with Crippen LogP contribution in [0.1, 0.15) is 32.7 Å². The van der Waals surface area contributed by atoms with E-state index in [4.69, 9.17) is 0 Å². The van der Waals surface area contributed by atoms with Gasteiger partial charge in [0.2, 0.25) is 0 Å². The van der Waals surface area contributed by atoms with Crippen LogP contribution in [-0.4, -0.2) is 10.2 Å². The van der Waals surface area contributed by atoms with E-state index >= 15 is 0 Å². The van der Waals surface area contributed by atoms with E-state index in [1.165, 1.54) is 6.07 Å². The molecule has 4 rings (SSSR count). The number of fused-ring (bicyclic) bond motifs is 1. The molecule has 2 aromatic carbocycles. The number of phenolic OH excluding ortho intramolecular Hbond substituents is 2. The molecule has 2 N–H and O–H groups in total. The standard InChI is InChI=1S/C21H10F5NO2S/c22-16-7-18(29)17(23)6-12(16)14-5-11-13(3-9(28)4-15(11)21(24,25)26)20(14)10-1-2-30-19(10)8-27/h1-4,6-7,28-29H,5H2. The van der Waals surface area contributed by atoms with Crippen molar-refractivity contribution in [3.8, 4) is 17.6 Å². The summed E-state index contributed by atoms with van der Waals surface area (Å²) in [7, 11) is 0. The van der Waals surface area contributed by atoms with Gasteiger partial charge in [0.25, 0.3) is 0 Å². The maximum atomic E-state index is 14.6. The van der Waals surface area contributed by atoms with Crippen molar-refractivity contribution in [2.75, 3.05) is 0 Å². The van der Waals surface area contributed by atoms with Crippen molar-refractivity contribution in [2.24, 2.45) is 0 Å². The van der Waals surface area contributed by atoms with Crippen molar-refractivity contribution in [3.63, 3.8) is 0 Å². The van der Waals surface area contributed by atoms with Crippen LogP contribution in [0.5, 0.6) is 11.5 Å².